The number of nitrogens with one attached hydrogen (secondary N) is 3. The number of ether oxygens (including phenoxy) is 1. The van der Waals surface area contributed by atoms with Gasteiger partial charge in [0, 0.05) is 35.7 Å². The van der Waals surface area contributed by atoms with Crippen molar-refractivity contribution in [3.8, 4) is 0 Å². The quantitative estimate of drug-likeness (QED) is 0.0557. The van der Waals surface area contributed by atoms with Crippen LogP contribution in [0.1, 0.15) is 45.7 Å². The maximum atomic E-state index is 10.1. The first-order valence-electron chi connectivity index (χ1n) is 15.2. The van der Waals surface area contributed by atoms with Gasteiger partial charge in [-0.3, -0.25) is 0 Å². The summed E-state index contributed by atoms with van der Waals surface area (Å²) in [6.07, 6.45) is 15.2. The second-order valence-electron chi connectivity index (χ2n) is 9.31. The number of methoxy groups -OCH3 is 1. The van der Waals surface area contributed by atoms with Crippen LogP contribution in [0.25, 0.3) is 5.57 Å². The van der Waals surface area contributed by atoms with Crippen molar-refractivity contribution in [3.63, 3.8) is 0 Å². The second-order valence-corrected chi connectivity index (χ2v) is 9.31. The lowest BCUT2D eigenvalue weighted by Crippen LogP contribution is -2.27. The SMILES string of the molecule is C/C=C\CO.C=C/C(OC)=C(\C=C(/C)Nc1ccc(CCNCC(O)/C=C/CNC(=C)/C=C\C)cc1)c1ccccc1.CC. The summed E-state index contributed by atoms with van der Waals surface area (Å²) in [5.74, 6) is 0.725. The number of allylic oxidation sites excluding steroid dienone is 7. The van der Waals surface area contributed by atoms with E-state index >= 15 is 0 Å². The van der Waals surface area contributed by atoms with Crippen LogP contribution in [0.5, 0.6) is 0 Å². The summed E-state index contributed by atoms with van der Waals surface area (Å²) in [7, 11) is 1.66. The molecule has 2 aromatic carbocycles. The van der Waals surface area contributed by atoms with Crippen molar-refractivity contribution in [2.24, 2.45) is 0 Å². The number of rotatable bonds is 17. The fourth-order valence-electron chi connectivity index (χ4n) is 3.78. The summed E-state index contributed by atoms with van der Waals surface area (Å²) in [6.45, 7) is 19.7. The Morgan fingerprint density at radius 1 is 1.00 bits per heavy atom. The maximum absolute atomic E-state index is 10.1. The van der Waals surface area contributed by atoms with Gasteiger partial charge in [-0.15, -0.1) is 0 Å². The van der Waals surface area contributed by atoms with E-state index in [1.807, 2.05) is 71.0 Å². The fourth-order valence-corrected chi connectivity index (χ4v) is 3.78. The predicted molar refractivity (Wildman–Crippen MR) is 191 cm³/mol. The molecule has 1 atom stereocenters. The molecule has 0 amide bonds. The molecule has 0 aliphatic heterocycles. The molecule has 6 nitrogen and oxygen atoms in total. The minimum atomic E-state index is -0.521. The Labute approximate surface area is 267 Å². The van der Waals surface area contributed by atoms with Gasteiger partial charge in [0.1, 0.15) is 5.76 Å². The van der Waals surface area contributed by atoms with E-state index in [9.17, 15) is 5.11 Å². The van der Waals surface area contributed by atoms with Gasteiger partial charge in [-0.05, 0) is 75.2 Å². The zero-order chi connectivity index (χ0) is 33.0. The van der Waals surface area contributed by atoms with Crippen LogP contribution >= 0.6 is 0 Å². The van der Waals surface area contributed by atoms with Gasteiger partial charge in [-0.25, -0.2) is 0 Å². The average molecular weight is 602 g/mol. The second kappa shape index (κ2) is 26.5. The number of aliphatic hydroxyl groups is 2. The van der Waals surface area contributed by atoms with E-state index in [1.165, 1.54) is 5.56 Å². The van der Waals surface area contributed by atoms with Crippen LogP contribution in [0.4, 0.5) is 5.69 Å². The lowest BCUT2D eigenvalue weighted by Gasteiger charge is -2.12. The lowest BCUT2D eigenvalue weighted by atomic mass is 10.0. The average Bonchev–Trinajstić information content (AvgIpc) is 3.04. The highest BCUT2D eigenvalue weighted by atomic mass is 16.5. The third-order valence-corrected chi connectivity index (χ3v) is 5.87. The monoisotopic (exact) mass is 601 g/mol. The highest BCUT2D eigenvalue weighted by Gasteiger charge is 2.06. The number of benzene rings is 2. The molecule has 2 rings (SSSR count). The van der Waals surface area contributed by atoms with Gasteiger partial charge in [0.2, 0.25) is 0 Å². The van der Waals surface area contributed by atoms with Crippen molar-refractivity contribution in [2.75, 3.05) is 38.7 Å². The first-order valence-corrected chi connectivity index (χ1v) is 15.2. The molecule has 0 saturated carbocycles. The third-order valence-electron chi connectivity index (χ3n) is 5.87. The number of aliphatic hydroxyl groups excluding tert-OH is 2. The molecule has 0 spiro atoms. The molecule has 6 heteroatoms. The molecular formula is C38H55N3O3. The molecule has 240 valence electrons. The van der Waals surface area contributed by atoms with Gasteiger partial charge in [-0.1, -0.05) is 99.9 Å². The van der Waals surface area contributed by atoms with Crippen molar-refractivity contribution < 1.29 is 14.9 Å². The molecule has 0 radical (unpaired) electrons. The van der Waals surface area contributed by atoms with E-state index < -0.39 is 6.10 Å². The van der Waals surface area contributed by atoms with Crippen molar-refractivity contribution >= 4 is 11.3 Å². The van der Waals surface area contributed by atoms with Crippen molar-refractivity contribution in [1.82, 2.24) is 10.6 Å². The van der Waals surface area contributed by atoms with E-state index in [2.05, 4.69) is 71.6 Å². The molecule has 0 fully saturated rings. The van der Waals surface area contributed by atoms with E-state index in [1.54, 1.807) is 31.4 Å². The molecule has 44 heavy (non-hydrogen) atoms. The molecule has 0 aliphatic rings. The van der Waals surface area contributed by atoms with E-state index in [-0.39, 0.29) is 6.61 Å². The highest BCUT2D eigenvalue weighted by Crippen LogP contribution is 2.23. The van der Waals surface area contributed by atoms with E-state index in [0.29, 0.717) is 13.1 Å². The summed E-state index contributed by atoms with van der Waals surface area (Å²) >= 11 is 0. The molecule has 0 aromatic heterocycles. The zero-order valence-electron chi connectivity index (χ0n) is 27.6. The molecule has 5 N–H and O–H groups in total. The summed E-state index contributed by atoms with van der Waals surface area (Å²) in [5.41, 5.74) is 6.13. The summed E-state index contributed by atoms with van der Waals surface area (Å²) in [4.78, 5) is 0. The smallest absolute Gasteiger partial charge is 0.126 e. The van der Waals surface area contributed by atoms with E-state index in [0.717, 1.165) is 46.9 Å². The number of hydrogen-bond donors (Lipinski definition) is 5. The molecule has 0 saturated heterocycles. The van der Waals surface area contributed by atoms with Crippen LogP contribution in [0, 0.1) is 0 Å². The number of hydrogen-bond acceptors (Lipinski definition) is 6. The number of anilines is 1. The Morgan fingerprint density at radius 3 is 2.23 bits per heavy atom. The minimum absolute atomic E-state index is 0.163. The maximum Gasteiger partial charge on any atom is 0.126 e. The summed E-state index contributed by atoms with van der Waals surface area (Å²) in [5, 5.41) is 28.0. The topological polar surface area (TPSA) is 85.8 Å². The Kier molecular flexibility index (Phi) is 24.1. The molecule has 0 aliphatic carbocycles. The third kappa shape index (κ3) is 18.4. The van der Waals surface area contributed by atoms with E-state index in [4.69, 9.17) is 9.84 Å². The molecule has 0 bridgehead atoms. The fraction of sp³-hybridized carbons (Fsp3) is 0.316. The van der Waals surface area contributed by atoms with Crippen molar-refractivity contribution in [1.29, 1.82) is 0 Å². The molecule has 2 aromatic rings. The van der Waals surface area contributed by atoms with Crippen molar-refractivity contribution in [2.45, 2.75) is 47.1 Å². The van der Waals surface area contributed by atoms with Gasteiger partial charge >= 0.3 is 0 Å². The van der Waals surface area contributed by atoms with Crippen LogP contribution in [-0.2, 0) is 11.2 Å². The first-order chi connectivity index (χ1) is 21.4. The molecule has 0 heterocycles. The first kappa shape index (κ1) is 39.9. The van der Waals surface area contributed by atoms with Gasteiger partial charge in [0.05, 0.1) is 19.8 Å². The van der Waals surface area contributed by atoms with Crippen LogP contribution in [0.3, 0.4) is 0 Å². The summed E-state index contributed by atoms with van der Waals surface area (Å²) < 4.78 is 5.54. The van der Waals surface area contributed by atoms with Gasteiger partial charge in [0.25, 0.3) is 0 Å². The Hall–Kier alpha value is -4.10. The molecular weight excluding hydrogens is 546 g/mol. The van der Waals surface area contributed by atoms with Crippen LogP contribution in [0.2, 0.25) is 0 Å². The van der Waals surface area contributed by atoms with Crippen LogP contribution in [0.15, 0.2) is 134 Å². The van der Waals surface area contributed by atoms with Gasteiger partial charge in [-0.2, -0.15) is 0 Å². The van der Waals surface area contributed by atoms with Crippen LogP contribution in [-0.4, -0.2) is 49.7 Å². The van der Waals surface area contributed by atoms with Crippen molar-refractivity contribution in [3.05, 3.63) is 145 Å². The molecule has 1 unspecified atom stereocenters. The largest absolute Gasteiger partial charge is 0.496 e. The van der Waals surface area contributed by atoms with Gasteiger partial charge < -0.3 is 30.9 Å². The Balaban J connectivity index is 0.00000239. The normalized spacial score (nSPS) is 12.5. The minimum Gasteiger partial charge on any atom is -0.496 e. The Morgan fingerprint density at radius 2 is 1.68 bits per heavy atom. The highest BCUT2D eigenvalue weighted by molar-refractivity contribution is 5.78. The predicted octanol–water partition coefficient (Wildman–Crippen LogP) is 7.56. The van der Waals surface area contributed by atoms with Crippen LogP contribution < -0.4 is 16.0 Å². The zero-order valence-corrected chi connectivity index (χ0v) is 27.6. The summed E-state index contributed by atoms with van der Waals surface area (Å²) in [6, 6.07) is 18.5. The lowest BCUT2D eigenvalue weighted by molar-refractivity contribution is 0.219. The van der Waals surface area contributed by atoms with Gasteiger partial charge in [0.15, 0.2) is 0 Å². The standard InChI is InChI=1S/C32H41N3O2.C4H8O.C2H6/c1-6-12-25(3)34-21-11-15-30(36)24-33-22-20-27-16-18-29(19-17-27)35-26(4)23-31(32(7-2)37-5)28-13-9-8-10-14-28;1-2-3-4-5;1-2/h6-19,23,30,33-36H,2-3,20-22,24H2,1,4-5H3;2-3,5H,4H2,1H3;1-2H3/b12-6-,15-11+,26-23+,32-31-;3-2-;. The Bertz CT molecular complexity index is 1190.